The van der Waals surface area contributed by atoms with Crippen LogP contribution < -0.4 is 0 Å². The maximum atomic E-state index is 12.3. The van der Waals surface area contributed by atoms with E-state index in [0.717, 1.165) is 50.7 Å². The molecule has 33 heavy (non-hydrogen) atoms. The summed E-state index contributed by atoms with van der Waals surface area (Å²) in [4.78, 5) is 38.5. The Morgan fingerprint density at radius 3 is 2.21 bits per heavy atom. The maximum absolute atomic E-state index is 12.3. The number of amides is 2. The molecule has 0 aromatic heterocycles. The first-order valence-electron chi connectivity index (χ1n) is 11.8. The molecule has 6 nitrogen and oxygen atoms in total. The van der Waals surface area contributed by atoms with Crippen molar-refractivity contribution in [2.45, 2.75) is 30.1 Å². The van der Waals surface area contributed by atoms with Gasteiger partial charge in [0, 0.05) is 59.9 Å². The number of carbonyl (C=O) groups is 2. The predicted molar refractivity (Wildman–Crippen MR) is 131 cm³/mol. The fourth-order valence-electron chi connectivity index (χ4n) is 4.79. The third kappa shape index (κ3) is 4.32. The molecule has 0 N–H and O–H groups in total. The van der Waals surface area contributed by atoms with E-state index in [1.54, 1.807) is 11.8 Å². The highest BCUT2D eigenvalue weighted by Gasteiger charge is 2.41. The Bertz CT molecular complexity index is 1070. The maximum Gasteiger partial charge on any atom is 0.232 e. The van der Waals surface area contributed by atoms with E-state index >= 15 is 0 Å². The monoisotopic (exact) mass is 462 g/mol. The zero-order valence-corrected chi connectivity index (χ0v) is 20.1. The van der Waals surface area contributed by atoms with E-state index in [1.807, 2.05) is 19.9 Å². The van der Waals surface area contributed by atoms with Crippen molar-refractivity contribution in [1.29, 1.82) is 0 Å². The van der Waals surface area contributed by atoms with Crippen LogP contribution in [0.5, 0.6) is 0 Å². The Balaban J connectivity index is 1.22. The minimum absolute atomic E-state index is 0.0134. The molecular formula is C26H30N4O2S. The lowest BCUT2D eigenvalue weighted by Crippen LogP contribution is -2.49. The van der Waals surface area contributed by atoms with Gasteiger partial charge in [0.05, 0.1) is 5.69 Å². The van der Waals surface area contributed by atoms with E-state index in [-0.39, 0.29) is 23.7 Å². The summed E-state index contributed by atoms with van der Waals surface area (Å²) < 4.78 is 0. The van der Waals surface area contributed by atoms with Crippen LogP contribution in [0.1, 0.15) is 25.8 Å². The smallest absolute Gasteiger partial charge is 0.232 e. The van der Waals surface area contributed by atoms with Crippen LogP contribution in [-0.2, 0) is 9.59 Å². The second-order valence-electron chi connectivity index (χ2n) is 9.09. The van der Waals surface area contributed by atoms with Gasteiger partial charge in [-0.05, 0) is 31.2 Å². The highest BCUT2D eigenvalue weighted by molar-refractivity contribution is 7.99. The second-order valence-corrected chi connectivity index (χ2v) is 10.2. The Morgan fingerprint density at radius 2 is 1.48 bits per heavy atom. The summed E-state index contributed by atoms with van der Waals surface area (Å²) >= 11 is 1.78. The number of amidine groups is 1. The lowest BCUT2D eigenvalue weighted by molar-refractivity contribution is -0.139. The van der Waals surface area contributed by atoms with E-state index in [9.17, 15) is 9.59 Å². The number of piperazine rings is 1. The van der Waals surface area contributed by atoms with Crippen LogP contribution in [-0.4, -0.2) is 71.6 Å². The summed E-state index contributed by atoms with van der Waals surface area (Å²) in [5.74, 6) is 0.653. The van der Waals surface area contributed by atoms with E-state index in [4.69, 9.17) is 4.99 Å². The number of carbonyl (C=O) groups excluding carboxylic acids is 2. The minimum atomic E-state index is -0.187. The van der Waals surface area contributed by atoms with Gasteiger partial charge in [-0.2, -0.15) is 0 Å². The number of imide groups is 1. The minimum Gasteiger partial charge on any atom is -0.354 e. The number of nitrogens with zero attached hydrogens (tertiary/aromatic N) is 4. The Hall–Kier alpha value is -2.64. The molecule has 2 aromatic carbocycles. The van der Waals surface area contributed by atoms with Crippen molar-refractivity contribution in [2.75, 3.05) is 39.3 Å². The van der Waals surface area contributed by atoms with Gasteiger partial charge in [0.15, 0.2) is 0 Å². The summed E-state index contributed by atoms with van der Waals surface area (Å²) in [5.41, 5.74) is 2.22. The fraction of sp³-hybridized carbons (Fsp3) is 0.423. The van der Waals surface area contributed by atoms with Crippen molar-refractivity contribution in [3.8, 4) is 0 Å². The van der Waals surface area contributed by atoms with Crippen LogP contribution in [0.2, 0.25) is 0 Å². The number of aliphatic imine (C=N–C) groups is 1. The van der Waals surface area contributed by atoms with Crippen molar-refractivity contribution >= 4 is 35.1 Å². The van der Waals surface area contributed by atoms with Crippen LogP contribution in [0, 0.1) is 11.8 Å². The van der Waals surface area contributed by atoms with Crippen LogP contribution in [0.25, 0.3) is 0 Å². The molecule has 0 saturated carbocycles. The molecule has 5 rings (SSSR count). The van der Waals surface area contributed by atoms with Gasteiger partial charge < -0.3 is 4.90 Å². The predicted octanol–water partition coefficient (Wildman–Crippen LogP) is 3.88. The third-order valence-electron chi connectivity index (χ3n) is 7.03. The molecular weight excluding hydrogens is 432 g/mol. The number of para-hydroxylation sites is 1. The lowest BCUT2D eigenvalue weighted by Gasteiger charge is -2.37. The van der Waals surface area contributed by atoms with Gasteiger partial charge in [-0.25, -0.2) is 4.99 Å². The largest absolute Gasteiger partial charge is 0.354 e. The molecule has 2 fully saturated rings. The number of hydrogen-bond donors (Lipinski definition) is 0. The molecule has 0 radical (unpaired) electrons. The van der Waals surface area contributed by atoms with Gasteiger partial charge in [-0.1, -0.05) is 55.9 Å². The molecule has 2 unspecified atom stereocenters. The zero-order valence-electron chi connectivity index (χ0n) is 19.2. The zero-order chi connectivity index (χ0) is 22.9. The Morgan fingerprint density at radius 1 is 0.848 bits per heavy atom. The lowest BCUT2D eigenvalue weighted by atomic mass is 10.00. The molecule has 3 heterocycles. The second kappa shape index (κ2) is 9.31. The Labute approximate surface area is 199 Å². The van der Waals surface area contributed by atoms with Gasteiger partial charge in [0.2, 0.25) is 11.8 Å². The molecule has 2 atom stereocenters. The van der Waals surface area contributed by atoms with E-state index in [1.165, 1.54) is 20.3 Å². The summed E-state index contributed by atoms with van der Waals surface area (Å²) in [7, 11) is 0. The quantitative estimate of drug-likeness (QED) is 0.646. The fourth-order valence-corrected chi connectivity index (χ4v) is 5.81. The van der Waals surface area contributed by atoms with Crippen LogP contribution in [0.15, 0.2) is 63.3 Å². The number of likely N-dealkylation sites (tertiary alicyclic amines) is 1. The molecule has 0 bridgehead atoms. The molecule has 2 saturated heterocycles. The molecule has 2 amide bonds. The van der Waals surface area contributed by atoms with Crippen LogP contribution in [0.3, 0.4) is 0 Å². The molecule has 172 valence electrons. The first-order chi connectivity index (χ1) is 16.0. The molecule has 7 heteroatoms. The SMILES string of the molecule is CC1C(=O)N(CCCN2CCN(C3=Nc4ccccc4Sc4ccccc43)CC2)C(=O)C1C. The van der Waals surface area contributed by atoms with Crippen molar-refractivity contribution in [1.82, 2.24) is 14.7 Å². The number of fused-ring (bicyclic) bond motifs is 2. The van der Waals surface area contributed by atoms with E-state index in [2.05, 4.69) is 52.3 Å². The highest BCUT2D eigenvalue weighted by atomic mass is 32.2. The summed E-state index contributed by atoms with van der Waals surface area (Å²) in [6, 6.07) is 16.9. The van der Waals surface area contributed by atoms with Crippen LogP contribution in [0.4, 0.5) is 5.69 Å². The van der Waals surface area contributed by atoms with Crippen LogP contribution >= 0.6 is 11.8 Å². The number of benzene rings is 2. The molecule has 2 aromatic rings. The normalized spacial score (nSPS) is 23.3. The highest BCUT2D eigenvalue weighted by Crippen LogP contribution is 2.40. The molecule has 0 aliphatic carbocycles. The summed E-state index contributed by atoms with van der Waals surface area (Å²) in [6.07, 6.45) is 0.824. The van der Waals surface area contributed by atoms with Gasteiger partial charge >= 0.3 is 0 Å². The van der Waals surface area contributed by atoms with Gasteiger partial charge in [0.1, 0.15) is 5.84 Å². The molecule has 3 aliphatic heterocycles. The topological polar surface area (TPSA) is 56.2 Å². The number of hydrogen-bond acceptors (Lipinski definition) is 6. The third-order valence-corrected chi connectivity index (χ3v) is 8.17. The van der Waals surface area contributed by atoms with Crippen molar-refractivity contribution in [3.05, 3.63) is 54.1 Å². The van der Waals surface area contributed by atoms with Gasteiger partial charge in [-0.15, -0.1) is 0 Å². The average Bonchev–Trinajstić information content (AvgIpc) is 2.97. The average molecular weight is 463 g/mol. The Kier molecular flexibility index (Phi) is 6.25. The number of rotatable bonds is 4. The van der Waals surface area contributed by atoms with Crippen molar-refractivity contribution < 1.29 is 9.59 Å². The standard InChI is InChI=1S/C26H30N4O2S/c1-18-19(2)26(32)30(25(18)31)13-7-12-28-14-16-29(17-15-28)24-20-8-3-5-10-22(20)33-23-11-6-4-9-21(23)27-24/h3-6,8-11,18-19H,7,12-17H2,1-2H3. The first kappa shape index (κ1) is 22.2. The van der Waals surface area contributed by atoms with E-state index in [0.29, 0.717) is 6.54 Å². The van der Waals surface area contributed by atoms with Crippen molar-refractivity contribution in [2.24, 2.45) is 16.8 Å². The molecule has 3 aliphatic rings. The summed E-state index contributed by atoms with van der Waals surface area (Å²) in [6.45, 7) is 8.86. The first-order valence-corrected chi connectivity index (χ1v) is 12.6. The van der Waals surface area contributed by atoms with Gasteiger partial charge in [-0.3, -0.25) is 19.4 Å². The summed E-state index contributed by atoms with van der Waals surface area (Å²) in [5, 5.41) is 0. The van der Waals surface area contributed by atoms with E-state index < -0.39 is 0 Å². The van der Waals surface area contributed by atoms with Crippen molar-refractivity contribution in [3.63, 3.8) is 0 Å². The molecule has 0 spiro atoms. The van der Waals surface area contributed by atoms with Gasteiger partial charge in [0.25, 0.3) is 0 Å².